The molecule has 0 aliphatic heterocycles. The zero-order chi connectivity index (χ0) is 18.8. The highest BCUT2D eigenvalue weighted by atomic mass is 35.5. The summed E-state index contributed by atoms with van der Waals surface area (Å²) in [6, 6.07) is 16.2. The second-order valence-corrected chi connectivity index (χ2v) is 6.82. The van der Waals surface area contributed by atoms with E-state index in [1.165, 1.54) is 11.8 Å². The molecular weight excluding hydrogens is 392 g/mol. The molecule has 0 atom stereocenters. The third-order valence-corrected chi connectivity index (χ3v) is 4.43. The second kappa shape index (κ2) is 10.6. The van der Waals surface area contributed by atoms with Crippen LogP contribution in [0.5, 0.6) is 0 Å². The Labute approximate surface area is 166 Å². The summed E-state index contributed by atoms with van der Waals surface area (Å²) in [5.41, 5.74) is 6.40. The molecule has 0 saturated heterocycles. The number of halogens is 1. The van der Waals surface area contributed by atoms with Crippen molar-refractivity contribution >= 4 is 63.9 Å². The van der Waals surface area contributed by atoms with Crippen LogP contribution in [-0.2, 0) is 9.59 Å². The lowest BCUT2D eigenvalue weighted by molar-refractivity contribution is -0.119. The third-order valence-electron chi connectivity index (χ3n) is 2.96. The van der Waals surface area contributed by atoms with E-state index in [0.29, 0.717) is 10.7 Å². The van der Waals surface area contributed by atoms with E-state index in [1.54, 1.807) is 30.3 Å². The molecule has 4 N–H and O–H groups in total. The summed E-state index contributed by atoms with van der Waals surface area (Å²) in [5.74, 6) is -0.183. The van der Waals surface area contributed by atoms with Crippen molar-refractivity contribution < 1.29 is 9.59 Å². The number of hydrazine groups is 1. The quantitative estimate of drug-likeness (QED) is 0.434. The number of hydrogen-bond donors (Lipinski definition) is 4. The molecule has 6 nitrogen and oxygen atoms in total. The molecule has 0 radical (unpaired) electrons. The van der Waals surface area contributed by atoms with Crippen molar-refractivity contribution in [1.82, 2.24) is 10.9 Å². The van der Waals surface area contributed by atoms with Gasteiger partial charge in [0.1, 0.15) is 0 Å². The fraction of sp³-hybridized carbons (Fsp3) is 0.118. The highest BCUT2D eigenvalue weighted by molar-refractivity contribution is 8.00. The van der Waals surface area contributed by atoms with Crippen LogP contribution in [0.3, 0.4) is 0 Å². The van der Waals surface area contributed by atoms with Gasteiger partial charge in [-0.1, -0.05) is 41.9 Å². The number of hydrogen-bond acceptors (Lipinski definition) is 4. The summed E-state index contributed by atoms with van der Waals surface area (Å²) in [5, 5.41) is 6.34. The standard InChI is InChI=1S/C17H17ClN4O2S2/c18-13-8-4-5-9-14(13)20-17(25)22-21-16(24)11-26-10-15(23)19-12-6-2-1-3-7-12/h1-9H,10-11H2,(H,19,23)(H,21,24)(H2,20,22,25). The van der Waals surface area contributed by atoms with Gasteiger partial charge in [-0.2, -0.15) is 0 Å². The molecule has 9 heteroatoms. The summed E-state index contributed by atoms with van der Waals surface area (Å²) >= 11 is 12.3. The normalized spacial score (nSPS) is 9.88. The number of anilines is 2. The first-order valence-corrected chi connectivity index (χ1v) is 9.51. The number of carbonyl (C=O) groups excluding carboxylic acids is 2. The van der Waals surface area contributed by atoms with E-state index in [9.17, 15) is 9.59 Å². The van der Waals surface area contributed by atoms with Crippen molar-refractivity contribution in [2.45, 2.75) is 0 Å². The largest absolute Gasteiger partial charge is 0.330 e. The monoisotopic (exact) mass is 408 g/mol. The van der Waals surface area contributed by atoms with Gasteiger partial charge in [0.15, 0.2) is 5.11 Å². The van der Waals surface area contributed by atoms with Gasteiger partial charge in [0.05, 0.1) is 22.2 Å². The summed E-state index contributed by atoms with van der Waals surface area (Å²) in [6.07, 6.45) is 0. The summed E-state index contributed by atoms with van der Waals surface area (Å²) in [4.78, 5) is 23.5. The van der Waals surface area contributed by atoms with Crippen LogP contribution in [0.15, 0.2) is 54.6 Å². The molecule has 0 saturated carbocycles. The fourth-order valence-corrected chi connectivity index (χ4v) is 2.79. The van der Waals surface area contributed by atoms with Gasteiger partial charge in [-0.3, -0.25) is 20.4 Å². The number of thioether (sulfide) groups is 1. The molecule has 0 spiro atoms. The number of nitrogens with one attached hydrogen (secondary N) is 4. The second-order valence-electron chi connectivity index (χ2n) is 5.01. The molecule has 136 valence electrons. The minimum absolute atomic E-state index is 0.115. The average molecular weight is 409 g/mol. The maximum absolute atomic E-state index is 11.8. The molecule has 2 rings (SSSR count). The lowest BCUT2D eigenvalue weighted by atomic mass is 10.3. The van der Waals surface area contributed by atoms with Gasteiger partial charge in [-0.25, -0.2) is 0 Å². The van der Waals surface area contributed by atoms with Crippen LogP contribution in [0, 0.1) is 0 Å². The van der Waals surface area contributed by atoms with Crippen molar-refractivity contribution in [3.63, 3.8) is 0 Å². The van der Waals surface area contributed by atoms with Crippen LogP contribution in [0.4, 0.5) is 11.4 Å². The topological polar surface area (TPSA) is 82.3 Å². The van der Waals surface area contributed by atoms with Crippen molar-refractivity contribution in [2.24, 2.45) is 0 Å². The van der Waals surface area contributed by atoms with Crippen LogP contribution in [0.2, 0.25) is 5.02 Å². The zero-order valence-electron chi connectivity index (χ0n) is 13.6. The molecule has 0 bridgehead atoms. The van der Waals surface area contributed by atoms with E-state index in [4.69, 9.17) is 23.8 Å². The van der Waals surface area contributed by atoms with Crippen molar-refractivity contribution in [1.29, 1.82) is 0 Å². The number of carbonyl (C=O) groups is 2. The Morgan fingerprint density at radius 1 is 0.885 bits per heavy atom. The van der Waals surface area contributed by atoms with Crippen LogP contribution >= 0.6 is 35.6 Å². The molecular formula is C17H17ClN4O2S2. The Morgan fingerprint density at radius 3 is 2.27 bits per heavy atom. The minimum atomic E-state index is -0.300. The highest BCUT2D eigenvalue weighted by Crippen LogP contribution is 2.19. The Balaban J connectivity index is 1.62. The minimum Gasteiger partial charge on any atom is -0.330 e. The number of para-hydroxylation sites is 2. The predicted molar refractivity (Wildman–Crippen MR) is 111 cm³/mol. The number of thiocarbonyl (C=S) groups is 1. The molecule has 0 aliphatic carbocycles. The maximum atomic E-state index is 11.8. The summed E-state index contributed by atoms with van der Waals surface area (Å²) in [6.45, 7) is 0. The van der Waals surface area contributed by atoms with Crippen molar-refractivity contribution in [2.75, 3.05) is 22.1 Å². The molecule has 0 fully saturated rings. The Morgan fingerprint density at radius 2 is 1.54 bits per heavy atom. The third kappa shape index (κ3) is 7.30. The molecule has 0 heterocycles. The smallest absolute Gasteiger partial charge is 0.248 e. The van der Waals surface area contributed by atoms with Crippen LogP contribution in [-0.4, -0.2) is 28.4 Å². The Hall–Kier alpha value is -2.29. The average Bonchev–Trinajstić information content (AvgIpc) is 2.63. The number of benzene rings is 2. The van der Waals surface area contributed by atoms with Crippen LogP contribution in [0.1, 0.15) is 0 Å². The molecule has 2 amide bonds. The lowest BCUT2D eigenvalue weighted by Crippen LogP contribution is -2.44. The van der Waals surface area contributed by atoms with E-state index in [0.717, 1.165) is 5.69 Å². The fourth-order valence-electron chi connectivity index (χ4n) is 1.83. The van der Waals surface area contributed by atoms with Crippen molar-refractivity contribution in [3.05, 3.63) is 59.6 Å². The SMILES string of the molecule is O=C(CSCC(=O)Nc1ccccc1)NNC(=S)Nc1ccccc1Cl. The van der Waals surface area contributed by atoms with E-state index >= 15 is 0 Å². The molecule has 2 aromatic rings. The van der Waals surface area contributed by atoms with Gasteiger partial charge in [0, 0.05) is 5.69 Å². The molecule has 0 aromatic heterocycles. The molecule has 26 heavy (non-hydrogen) atoms. The van der Waals surface area contributed by atoms with Gasteiger partial charge >= 0.3 is 0 Å². The van der Waals surface area contributed by atoms with E-state index in [2.05, 4.69) is 21.5 Å². The van der Waals surface area contributed by atoms with E-state index in [-0.39, 0.29) is 28.4 Å². The van der Waals surface area contributed by atoms with Gasteiger partial charge in [-0.05, 0) is 36.5 Å². The predicted octanol–water partition coefficient (Wildman–Crippen LogP) is 3.03. The first-order chi connectivity index (χ1) is 12.5. The van der Waals surface area contributed by atoms with Gasteiger partial charge in [0.2, 0.25) is 11.8 Å². The lowest BCUT2D eigenvalue weighted by Gasteiger charge is -2.12. The highest BCUT2D eigenvalue weighted by Gasteiger charge is 2.07. The number of rotatable bonds is 6. The maximum Gasteiger partial charge on any atom is 0.248 e. The number of amides is 2. The zero-order valence-corrected chi connectivity index (χ0v) is 16.0. The summed E-state index contributed by atoms with van der Waals surface area (Å²) < 4.78 is 0. The van der Waals surface area contributed by atoms with Gasteiger partial charge in [0.25, 0.3) is 0 Å². The van der Waals surface area contributed by atoms with Gasteiger partial charge in [-0.15, -0.1) is 11.8 Å². The first kappa shape index (κ1) is 20.0. The summed E-state index contributed by atoms with van der Waals surface area (Å²) in [7, 11) is 0. The first-order valence-electron chi connectivity index (χ1n) is 7.57. The Bertz CT molecular complexity index is 774. The van der Waals surface area contributed by atoms with Crippen LogP contribution < -0.4 is 21.5 Å². The van der Waals surface area contributed by atoms with Crippen molar-refractivity contribution in [3.8, 4) is 0 Å². The van der Waals surface area contributed by atoms with E-state index in [1.807, 2.05) is 24.3 Å². The van der Waals surface area contributed by atoms with Crippen LogP contribution in [0.25, 0.3) is 0 Å². The molecule has 0 unspecified atom stereocenters. The van der Waals surface area contributed by atoms with Gasteiger partial charge < -0.3 is 10.6 Å². The molecule has 2 aromatic carbocycles. The molecule has 0 aliphatic rings. The Kier molecular flexibility index (Phi) is 8.20. The van der Waals surface area contributed by atoms with E-state index < -0.39 is 0 Å².